The highest BCUT2D eigenvalue weighted by atomic mass is 16.5. The van der Waals surface area contributed by atoms with Gasteiger partial charge in [-0.05, 0) is 91.3 Å². The predicted molar refractivity (Wildman–Crippen MR) is 145 cm³/mol. The van der Waals surface area contributed by atoms with Crippen LogP contribution in [0.4, 0.5) is 0 Å². The number of allylic oxidation sites excluding steroid dienone is 3. The molecule has 0 radical (unpaired) electrons. The third-order valence-electron chi connectivity index (χ3n) is 6.40. The van der Waals surface area contributed by atoms with E-state index in [1.807, 2.05) is 25.1 Å². The van der Waals surface area contributed by atoms with Crippen LogP contribution in [0.3, 0.4) is 0 Å². The number of aliphatic hydroxyl groups is 1. The largest absolute Gasteiger partial charge is 0.488 e. The van der Waals surface area contributed by atoms with Gasteiger partial charge in [0.2, 0.25) is 0 Å². The molecular formula is C32H42O2. The molecule has 0 fully saturated rings. The first-order valence-corrected chi connectivity index (χ1v) is 12.5. The van der Waals surface area contributed by atoms with Crippen molar-refractivity contribution in [3.05, 3.63) is 93.6 Å². The van der Waals surface area contributed by atoms with Crippen molar-refractivity contribution in [2.24, 2.45) is 11.3 Å². The number of hydrogen-bond donors (Lipinski definition) is 1. The van der Waals surface area contributed by atoms with E-state index in [0.29, 0.717) is 12.5 Å². The van der Waals surface area contributed by atoms with Crippen LogP contribution in [0.15, 0.2) is 71.3 Å². The molecular weight excluding hydrogens is 416 g/mol. The Bertz CT molecular complexity index is 1090. The van der Waals surface area contributed by atoms with E-state index in [0.717, 1.165) is 46.4 Å². The SMILES string of the molecule is CC1=CC(=C(CC(C)CC(C)(C)C)c2cc(C)cc(C)c2OCc2ccccc2)C(O)C(C)=C1. The average molecular weight is 459 g/mol. The number of hydrogen-bond acceptors (Lipinski definition) is 2. The van der Waals surface area contributed by atoms with Gasteiger partial charge in [0.05, 0.1) is 0 Å². The molecule has 0 aliphatic heterocycles. The van der Waals surface area contributed by atoms with E-state index in [9.17, 15) is 5.11 Å². The average Bonchev–Trinajstić information content (AvgIpc) is 2.73. The summed E-state index contributed by atoms with van der Waals surface area (Å²) in [4.78, 5) is 0. The van der Waals surface area contributed by atoms with Crippen LogP contribution in [0, 0.1) is 25.2 Å². The molecule has 1 N–H and O–H groups in total. The lowest BCUT2D eigenvalue weighted by molar-refractivity contribution is 0.249. The molecule has 0 aromatic heterocycles. The van der Waals surface area contributed by atoms with E-state index in [2.05, 4.69) is 84.9 Å². The first-order chi connectivity index (χ1) is 15.9. The molecule has 0 amide bonds. The normalized spacial score (nSPS) is 18.8. The van der Waals surface area contributed by atoms with Gasteiger partial charge in [0.15, 0.2) is 0 Å². The quantitative estimate of drug-likeness (QED) is 0.451. The Morgan fingerprint density at radius 3 is 2.32 bits per heavy atom. The second kappa shape index (κ2) is 10.8. The van der Waals surface area contributed by atoms with E-state index in [-0.39, 0.29) is 5.41 Å². The second-order valence-corrected chi connectivity index (χ2v) is 11.4. The Kier molecular flexibility index (Phi) is 8.25. The summed E-state index contributed by atoms with van der Waals surface area (Å²) in [6, 6.07) is 14.7. The number of ether oxygens (including phenoxy) is 1. The minimum absolute atomic E-state index is 0.247. The highest BCUT2D eigenvalue weighted by Crippen LogP contribution is 2.41. The minimum atomic E-state index is -0.594. The molecule has 1 aliphatic carbocycles. The van der Waals surface area contributed by atoms with Gasteiger partial charge in [-0.1, -0.05) is 81.8 Å². The van der Waals surface area contributed by atoms with Crippen molar-refractivity contribution in [1.29, 1.82) is 0 Å². The van der Waals surface area contributed by atoms with Crippen LogP contribution in [0.1, 0.15) is 76.6 Å². The Balaban J connectivity index is 2.14. The summed E-state index contributed by atoms with van der Waals surface area (Å²) in [5, 5.41) is 11.3. The summed E-state index contributed by atoms with van der Waals surface area (Å²) in [6.07, 6.45) is 5.66. The molecule has 182 valence electrons. The monoisotopic (exact) mass is 458 g/mol. The summed E-state index contributed by atoms with van der Waals surface area (Å²) in [6.45, 7) is 18.1. The number of aliphatic hydroxyl groups excluding tert-OH is 1. The van der Waals surface area contributed by atoms with E-state index in [1.165, 1.54) is 16.7 Å². The zero-order valence-corrected chi connectivity index (χ0v) is 22.3. The van der Waals surface area contributed by atoms with Crippen molar-refractivity contribution >= 4 is 5.57 Å². The summed E-state index contributed by atoms with van der Waals surface area (Å²) in [7, 11) is 0. The summed E-state index contributed by atoms with van der Waals surface area (Å²) in [5.74, 6) is 1.39. The molecule has 2 unspecified atom stereocenters. The summed E-state index contributed by atoms with van der Waals surface area (Å²) < 4.78 is 6.50. The van der Waals surface area contributed by atoms with Crippen molar-refractivity contribution in [1.82, 2.24) is 0 Å². The Morgan fingerprint density at radius 1 is 1.00 bits per heavy atom. The number of rotatable bonds is 7. The highest BCUT2D eigenvalue weighted by Gasteiger charge is 2.26. The van der Waals surface area contributed by atoms with Gasteiger partial charge in [-0.15, -0.1) is 0 Å². The van der Waals surface area contributed by atoms with Crippen molar-refractivity contribution in [2.75, 3.05) is 0 Å². The van der Waals surface area contributed by atoms with Gasteiger partial charge >= 0.3 is 0 Å². The lowest BCUT2D eigenvalue weighted by Gasteiger charge is -2.29. The Morgan fingerprint density at radius 2 is 1.68 bits per heavy atom. The van der Waals surface area contributed by atoms with Crippen LogP contribution in [0.2, 0.25) is 0 Å². The van der Waals surface area contributed by atoms with E-state index >= 15 is 0 Å². The summed E-state index contributed by atoms with van der Waals surface area (Å²) >= 11 is 0. The van der Waals surface area contributed by atoms with Gasteiger partial charge in [0.25, 0.3) is 0 Å². The van der Waals surface area contributed by atoms with Crippen LogP contribution in [-0.4, -0.2) is 11.2 Å². The zero-order chi connectivity index (χ0) is 25.0. The first-order valence-electron chi connectivity index (χ1n) is 12.5. The van der Waals surface area contributed by atoms with Crippen LogP contribution in [0.5, 0.6) is 5.75 Å². The third-order valence-corrected chi connectivity index (χ3v) is 6.40. The Hall–Kier alpha value is -2.58. The van der Waals surface area contributed by atoms with Gasteiger partial charge in [0, 0.05) is 5.56 Å². The van der Waals surface area contributed by atoms with Crippen molar-refractivity contribution in [3.8, 4) is 5.75 Å². The molecule has 2 heteroatoms. The third kappa shape index (κ3) is 6.73. The molecule has 34 heavy (non-hydrogen) atoms. The molecule has 2 aromatic carbocycles. The van der Waals surface area contributed by atoms with Gasteiger partial charge in [-0.2, -0.15) is 0 Å². The summed E-state index contributed by atoms with van der Waals surface area (Å²) in [5.41, 5.74) is 9.22. The molecule has 3 rings (SSSR count). The van der Waals surface area contributed by atoms with Gasteiger partial charge in [-0.25, -0.2) is 0 Å². The minimum Gasteiger partial charge on any atom is -0.488 e. The van der Waals surface area contributed by atoms with Gasteiger partial charge < -0.3 is 9.84 Å². The van der Waals surface area contributed by atoms with Crippen LogP contribution in [-0.2, 0) is 6.61 Å². The lowest BCUT2D eigenvalue weighted by Crippen LogP contribution is -2.18. The highest BCUT2D eigenvalue weighted by molar-refractivity contribution is 5.78. The first kappa shape index (κ1) is 26.0. The van der Waals surface area contributed by atoms with Crippen molar-refractivity contribution < 1.29 is 9.84 Å². The van der Waals surface area contributed by atoms with Gasteiger partial charge in [-0.3, -0.25) is 0 Å². The molecule has 0 heterocycles. The van der Waals surface area contributed by atoms with Crippen LogP contribution < -0.4 is 4.74 Å². The molecule has 2 atom stereocenters. The zero-order valence-electron chi connectivity index (χ0n) is 22.3. The molecule has 2 aromatic rings. The smallest absolute Gasteiger partial charge is 0.130 e. The second-order valence-electron chi connectivity index (χ2n) is 11.4. The van der Waals surface area contributed by atoms with Crippen LogP contribution in [0.25, 0.3) is 5.57 Å². The van der Waals surface area contributed by atoms with Crippen molar-refractivity contribution in [3.63, 3.8) is 0 Å². The predicted octanol–water partition coefficient (Wildman–Crippen LogP) is 8.37. The lowest BCUT2D eigenvalue weighted by atomic mass is 9.78. The number of aryl methyl sites for hydroxylation is 2. The Labute approximate surface area is 207 Å². The standard InChI is InChI=1S/C32H42O2/c1-21-14-24(4)30(33)28(16-21)27(18-23(3)19-32(6,7)8)29-17-22(2)15-25(5)31(29)34-20-26-12-10-9-11-13-26/h9-17,23,30,33H,18-20H2,1-8H3. The maximum Gasteiger partial charge on any atom is 0.130 e. The fraction of sp³-hybridized carbons (Fsp3) is 0.438. The molecule has 0 spiro atoms. The fourth-order valence-corrected chi connectivity index (χ4v) is 5.25. The van der Waals surface area contributed by atoms with E-state index in [1.54, 1.807) is 0 Å². The molecule has 1 aliphatic rings. The van der Waals surface area contributed by atoms with E-state index in [4.69, 9.17) is 4.74 Å². The van der Waals surface area contributed by atoms with E-state index < -0.39 is 6.10 Å². The van der Waals surface area contributed by atoms with Crippen LogP contribution >= 0.6 is 0 Å². The van der Waals surface area contributed by atoms with Gasteiger partial charge in [0.1, 0.15) is 18.5 Å². The maximum absolute atomic E-state index is 11.3. The molecule has 0 saturated carbocycles. The maximum atomic E-state index is 11.3. The number of benzene rings is 2. The molecule has 0 saturated heterocycles. The fourth-order valence-electron chi connectivity index (χ4n) is 5.25. The molecule has 2 nitrogen and oxygen atoms in total. The topological polar surface area (TPSA) is 29.5 Å². The van der Waals surface area contributed by atoms with Crippen molar-refractivity contribution in [2.45, 2.75) is 80.9 Å². The molecule has 0 bridgehead atoms.